The molecule has 0 spiro atoms. The van der Waals surface area contributed by atoms with Crippen LogP contribution in [0.1, 0.15) is 16.7 Å². The van der Waals surface area contributed by atoms with Crippen LogP contribution in [-0.2, 0) is 6.42 Å². The molecule has 0 fully saturated rings. The average molecular weight is 240 g/mol. The second kappa shape index (κ2) is 5.47. The van der Waals surface area contributed by atoms with Crippen molar-refractivity contribution in [2.45, 2.75) is 6.42 Å². The van der Waals surface area contributed by atoms with Gasteiger partial charge in [0.2, 0.25) is 0 Å². The number of phenols is 1. The van der Waals surface area contributed by atoms with Gasteiger partial charge in [0.05, 0.1) is 5.71 Å². The second-order valence-corrected chi connectivity index (χ2v) is 4.23. The van der Waals surface area contributed by atoms with Gasteiger partial charge in [0.15, 0.2) is 0 Å². The number of phenolic OH excluding ortho intramolecular Hbond substituents is 1. The molecule has 0 atom stereocenters. The van der Waals surface area contributed by atoms with Crippen molar-refractivity contribution in [2.75, 3.05) is 6.54 Å². The summed E-state index contributed by atoms with van der Waals surface area (Å²) in [4.78, 5) is 0. The lowest BCUT2D eigenvalue weighted by Gasteiger charge is -2.05. The smallest absolute Gasteiger partial charge is 0.115 e. The summed E-state index contributed by atoms with van der Waals surface area (Å²) in [5.74, 6) is 0.286. The first kappa shape index (κ1) is 12.3. The second-order valence-electron chi connectivity index (χ2n) is 4.23. The van der Waals surface area contributed by atoms with Crippen LogP contribution in [0.3, 0.4) is 0 Å². The Labute approximate surface area is 106 Å². The maximum atomic E-state index is 9.40. The highest BCUT2D eigenvalue weighted by atomic mass is 16.3. The molecule has 92 valence electrons. The van der Waals surface area contributed by atoms with Gasteiger partial charge in [0, 0.05) is 6.54 Å². The van der Waals surface area contributed by atoms with E-state index in [4.69, 9.17) is 11.1 Å². The normalized spacial score (nSPS) is 10.3. The fraction of sp³-hybridized carbons (Fsp3) is 0.133. The van der Waals surface area contributed by atoms with Crippen LogP contribution in [0.5, 0.6) is 5.75 Å². The molecule has 2 aromatic rings. The Bertz CT molecular complexity index is 547. The molecular formula is C15H16N2O. The number of nitrogens with one attached hydrogen (secondary N) is 1. The first-order valence-corrected chi connectivity index (χ1v) is 5.84. The molecule has 18 heavy (non-hydrogen) atoms. The lowest BCUT2D eigenvalue weighted by Crippen LogP contribution is -2.13. The third-order valence-electron chi connectivity index (χ3n) is 2.83. The number of benzene rings is 2. The number of aromatic hydroxyl groups is 1. The molecule has 3 heteroatoms. The molecule has 0 saturated heterocycles. The van der Waals surface area contributed by atoms with Gasteiger partial charge >= 0.3 is 0 Å². The minimum atomic E-state index is 0.256. The predicted molar refractivity (Wildman–Crippen MR) is 73.2 cm³/mol. The summed E-state index contributed by atoms with van der Waals surface area (Å²) in [6.07, 6.45) is 0.768. The number of rotatable bonds is 4. The Kier molecular flexibility index (Phi) is 3.75. The van der Waals surface area contributed by atoms with E-state index >= 15 is 0 Å². The molecule has 0 radical (unpaired) electrons. The highest BCUT2D eigenvalue weighted by molar-refractivity contribution is 5.99. The SMILES string of the molecule is N=C(CN)c1ccc(Cc2cccc(O)c2)cc1. The van der Waals surface area contributed by atoms with Crippen molar-refractivity contribution in [2.24, 2.45) is 5.73 Å². The van der Waals surface area contributed by atoms with E-state index in [-0.39, 0.29) is 12.3 Å². The van der Waals surface area contributed by atoms with Gasteiger partial charge in [-0.3, -0.25) is 0 Å². The van der Waals surface area contributed by atoms with E-state index in [1.165, 1.54) is 0 Å². The van der Waals surface area contributed by atoms with E-state index < -0.39 is 0 Å². The molecule has 2 rings (SSSR count). The average Bonchev–Trinajstić information content (AvgIpc) is 2.39. The Morgan fingerprint density at radius 1 is 1.06 bits per heavy atom. The summed E-state index contributed by atoms with van der Waals surface area (Å²) >= 11 is 0. The zero-order valence-electron chi connectivity index (χ0n) is 10.1. The molecular weight excluding hydrogens is 224 g/mol. The van der Waals surface area contributed by atoms with Gasteiger partial charge in [-0.2, -0.15) is 0 Å². The van der Waals surface area contributed by atoms with Gasteiger partial charge in [-0.25, -0.2) is 0 Å². The van der Waals surface area contributed by atoms with Gasteiger partial charge in [-0.1, -0.05) is 36.4 Å². The number of hydrogen-bond acceptors (Lipinski definition) is 3. The number of nitrogens with two attached hydrogens (primary N) is 1. The highest BCUT2D eigenvalue weighted by Crippen LogP contribution is 2.15. The van der Waals surface area contributed by atoms with Crippen molar-refractivity contribution in [3.05, 3.63) is 65.2 Å². The standard InChI is InChI=1S/C15H16N2O/c16-10-15(17)13-6-4-11(5-7-13)8-12-2-1-3-14(18)9-12/h1-7,9,17-18H,8,10,16H2. The minimum Gasteiger partial charge on any atom is -0.508 e. The molecule has 0 bridgehead atoms. The minimum absolute atomic E-state index is 0.256. The van der Waals surface area contributed by atoms with Gasteiger partial charge < -0.3 is 16.2 Å². The summed E-state index contributed by atoms with van der Waals surface area (Å²) in [5, 5.41) is 17.0. The molecule has 0 aliphatic carbocycles. The monoisotopic (exact) mass is 240 g/mol. The Morgan fingerprint density at radius 3 is 2.39 bits per heavy atom. The van der Waals surface area contributed by atoms with Crippen LogP contribution >= 0.6 is 0 Å². The Hall–Kier alpha value is -2.13. The first-order chi connectivity index (χ1) is 8.69. The predicted octanol–water partition coefficient (Wildman–Crippen LogP) is 2.31. The van der Waals surface area contributed by atoms with Crippen molar-refractivity contribution < 1.29 is 5.11 Å². The summed E-state index contributed by atoms with van der Waals surface area (Å²) in [6, 6.07) is 15.0. The molecule has 0 unspecified atom stereocenters. The van der Waals surface area contributed by atoms with E-state index in [1.807, 2.05) is 36.4 Å². The Balaban J connectivity index is 2.13. The molecule has 3 nitrogen and oxygen atoms in total. The van der Waals surface area contributed by atoms with E-state index in [9.17, 15) is 5.11 Å². The first-order valence-electron chi connectivity index (χ1n) is 5.84. The van der Waals surface area contributed by atoms with Gasteiger partial charge in [0.1, 0.15) is 5.75 Å². The van der Waals surface area contributed by atoms with Crippen molar-refractivity contribution in [1.29, 1.82) is 5.41 Å². The number of hydrogen-bond donors (Lipinski definition) is 3. The lowest BCUT2D eigenvalue weighted by atomic mass is 10.0. The fourth-order valence-corrected chi connectivity index (χ4v) is 1.84. The molecule has 0 amide bonds. The molecule has 0 heterocycles. The largest absolute Gasteiger partial charge is 0.508 e. The zero-order valence-corrected chi connectivity index (χ0v) is 10.1. The van der Waals surface area contributed by atoms with E-state index in [0.717, 1.165) is 23.1 Å². The maximum Gasteiger partial charge on any atom is 0.115 e. The van der Waals surface area contributed by atoms with Crippen LogP contribution in [0.2, 0.25) is 0 Å². The maximum absolute atomic E-state index is 9.40. The van der Waals surface area contributed by atoms with Crippen LogP contribution in [0.4, 0.5) is 0 Å². The third kappa shape index (κ3) is 2.96. The third-order valence-corrected chi connectivity index (χ3v) is 2.83. The van der Waals surface area contributed by atoms with Gasteiger partial charge in [0.25, 0.3) is 0 Å². The van der Waals surface area contributed by atoms with E-state index in [0.29, 0.717) is 5.71 Å². The molecule has 0 saturated carbocycles. The fourth-order valence-electron chi connectivity index (χ4n) is 1.84. The lowest BCUT2D eigenvalue weighted by molar-refractivity contribution is 0.474. The molecule has 0 aliphatic heterocycles. The summed E-state index contributed by atoms with van der Waals surface area (Å²) in [6.45, 7) is 0.256. The summed E-state index contributed by atoms with van der Waals surface area (Å²) < 4.78 is 0. The summed E-state index contributed by atoms with van der Waals surface area (Å²) in [5.41, 5.74) is 8.95. The summed E-state index contributed by atoms with van der Waals surface area (Å²) in [7, 11) is 0. The highest BCUT2D eigenvalue weighted by Gasteiger charge is 2.01. The quantitative estimate of drug-likeness (QED) is 0.718. The van der Waals surface area contributed by atoms with Crippen molar-refractivity contribution in [3.63, 3.8) is 0 Å². The van der Waals surface area contributed by atoms with Crippen LogP contribution in [0.25, 0.3) is 0 Å². The van der Waals surface area contributed by atoms with Gasteiger partial charge in [-0.15, -0.1) is 0 Å². The van der Waals surface area contributed by atoms with Crippen molar-refractivity contribution in [3.8, 4) is 5.75 Å². The van der Waals surface area contributed by atoms with Crippen molar-refractivity contribution in [1.82, 2.24) is 0 Å². The zero-order chi connectivity index (χ0) is 13.0. The molecule has 0 aliphatic rings. The molecule has 2 aromatic carbocycles. The van der Waals surface area contributed by atoms with Crippen LogP contribution < -0.4 is 5.73 Å². The van der Waals surface area contributed by atoms with Gasteiger partial charge in [-0.05, 0) is 35.2 Å². The van der Waals surface area contributed by atoms with E-state index in [2.05, 4.69) is 0 Å². The van der Waals surface area contributed by atoms with Crippen LogP contribution in [0, 0.1) is 5.41 Å². The Morgan fingerprint density at radius 2 is 1.78 bits per heavy atom. The van der Waals surface area contributed by atoms with Crippen LogP contribution in [0.15, 0.2) is 48.5 Å². The van der Waals surface area contributed by atoms with Crippen molar-refractivity contribution >= 4 is 5.71 Å². The molecule has 4 N–H and O–H groups in total. The molecule has 0 aromatic heterocycles. The topological polar surface area (TPSA) is 70.1 Å². The van der Waals surface area contributed by atoms with E-state index in [1.54, 1.807) is 12.1 Å². The van der Waals surface area contributed by atoms with Crippen LogP contribution in [-0.4, -0.2) is 17.4 Å².